The summed E-state index contributed by atoms with van der Waals surface area (Å²) in [5.74, 6) is 0.380. The molecule has 0 atom stereocenters. The molecule has 0 aliphatic carbocycles. The maximum absolute atomic E-state index is 12.8. The van der Waals surface area contributed by atoms with Gasteiger partial charge in [0, 0.05) is 49.0 Å². The van der Waals surface area contributed by atoms with E-state index in [4.69, 9.17) is 16.3 Å². The number of amides is 1. The SMILES string of the molecule is COc1ccc(Cl)cc1C(=O)N1CCN(c2ccc([N+](=O)[O-])cc2)CC1. The first kappa shape index (κ1) is 18.0. The largest absolute Gasteiger partial charge is 0.496 e. The van der Waals surface area contributed by atoms with Gasteiger partial charge in [0.1, 0.15) is 5.75 Å². The quantitative estimate of drug-likeness (QED) is 0.605. The molecule has 1 saturated heterocycles. The third-order valence-electron chi connectivity index (χ3n) is 4.38. The van der Waals surface area contributed by atoms with E-state index in [1.165, 1.54) is 19.2 Å². The maximum Gasteiger partial charge on any atom is 0.269 e. The molecule has 0 radical (unpaired) electrons. The van der Waals surface area contributed by atoms with E-state index in [0.29, 0.717) is 42.5 Å². The molecule has 1 aliphatic heterocycles. The number of halogens is 1. The lowest BCUT2D eigenvalue weighted by Crippen LogP contribution is -2.48. The van der Waals surface area contributed by atoms with Crippen molar-refractivity contribution in [2.75, 3.05) is 38.2 Å². The number of nitrogens with zero attached hydrogens (tertiary/aromatic N) is 3. The van der Waals surface area contributed by atoms with Crippen LogP contribution in [-0.4, -0.2) is 49.0 Å². The Kier molecular flexibility index (Phi) is 5.27. The van der Waals surface area contributed by atoms with Crippen molar-refractivity contribution in [3.8, 4) is 5.75 Å². The number of carbonyl (C=O) groups is 1. The van der Waals surface area contributed by atoms with Crippen molar-refractivity contribution >= 4 is 28.9 Å². The van der Waals surface area contributed by atoms with Gasteiger partial charge in [-0.05, 0) is 30.3 Å². The minimum absolute atomic E-state index is 0.0654. The minimum Gasteiger partial charge on any atom is -0.496 e. The van der Waals surface area contributed by atoms with Crippen LogP contribution in [0, 0.1) is 10.1 Å². The van der Waals surface area contributed by atoms with Crippen LogP contribution in [-0.2, 0) is 0 Å². The number of nitro benzene ring substituents is 1. The van der Waals surface area contributed by atoms with Crippen molar-refractivity contribution < 1.29 is 14.5 Å². The zero-order valence-electron chi connectivity index (χ0n) is 14.2. The topological polar surface area (TPSA) is 75.9 Å². The Morgan fingerprint density at radius 3 is 2.35 bits per heavy atom. The normalized spacial score (nSPS) is 14.2. The van der Waals surface area contributed by atoms with Crippen molar-refractivity contribution in [2.45, 2.75) is 0 Å². The van der Waals surface area contributed by atoms with Crippen LogP contribution in [0.1, 0.15) is 10.4 Å². The minimum atomic E-state index is -0.418. The second kappa shape index (κ2) is 7.61. The van der Waals surface area contributed by atoms with Gasteiger partial charge >= 0.3 is 0 Å². The van der Waals surface area contributed by atoms with Gasteiger partial charge in [-0.3, -0.25) is 14.9 Å². The van der Waals surface area contributed by atoms with Gasteiger partial charge < -0.3 is 14.5 Å². The molecule has 0 saturated carbocycles. The van der Waals surface area contributed by atoms with Gasteiger partial charge in [0.05, 0.1) is 17.6 Å². The van der Waals surface area contributed by atoms with E-state index in [9.17, 15) is 14.9 Å². The summed E-state index contributed by atoms with van der Waals surface area (Å²) in [6, 6.07) is 11.4. The zero-order chi connectivity index (χ0) is 18.7. The zero-order valence-corrected chi connectivity index (χ0v) is 15.0. The highest BCUT2D eigenvalue weighted by Gasteiger charge is 2.25. The van der Waals surface area contributed by atoms with Crippen molar-refractivity contribution in [3.05, 3.63) is 63.2 Å². The number of hydrogen-bond donors (Lipinski definition) is 0. The molecule has 0 N–H and O–H groups in total. The molecule has 0 unspecified atom stereocenters. The summed E-state index contributed by atoms with van der Waals surface area (Å²) in [6.07, 6.45) is 0. The number of hydrogen-bond acceptors (Lipinski definition) is 5. The molecule has 8 heteroatoms. The second-order valence-corrected chi connectivity index (χ2v) is 6.33. The van der Waals surface area contributed by atoms with E-state index in [0.717, 1.165) is 5.69 Å². The Labute approximate surface area is 155 Å². The number of anilines is 1. The van der Waals surface area contributed by atoms with Crippen LogP contribution in [0.4, 0.5) is 11.4 Å². The van der Waals surface area contributed by atoms with Crippen molar-refractivity contribution in [3.63, 3.8) is 0 Å². The number of benzene rings is 2. The van der Waals surface area contributed by atoms with Crippen LogP contribution in [0.15, 0.2) is 42.5 Å². The van der Waals surface area contributed by atoms with Crippen LogP contribution >= 0.6 is 11.6 Å². The van der Waals surface area contributed by atoms with Crippen molar-refractivity contribution in [1.29, 1.82) is 0 Å². The smallest absolute Gasteiger partial charge is 0.269 e. The van der Waals surface area contributed by atoms with E-state index < -0.39 is 4.92 Å². The van der Waals surface area contributed by atoms with E-state index in [1.807, 2.05) is 0 Å². The lowest BCUT2D eigenvalue weighted by Gasteiger charge is -2.36. The molecule has 1 amide bonds. The standard InChI is InChI=1S/C18H18ClN3O4/c1-26-17-7-2-13(19)12-16(17)18(23)21-10-8-20(9-11-21)14-3-5-15(6-4-14)22(24)25/h2-7,12H,8-11H2,1H3. The molecule has 1 heterocycles. The van der Waals surface area contributed by atoms with Gasteiger partial charge in [0.2, 0.25) is 0 Å². The highest BCUT2D eigenvalue weighted by Crippen LogP contribution is 2.25. The number of nitro groups is 1. The van der Waals surface area contributed by atoms with Crippen LogP contribution in [0.2, 0.25) is 5.02 Å². The molecule has 0 bridgehead atoms. The summed E-state index contributed by atoms with van der Waals surface area (Å²) in [6.45, 7) is 2.38. The molecule has 7 nitrogen and oxygen atoms in total. The Balaban J connectivity index is 1.67. The van der Waals surface area contributed by atoms with Crippen LogP contribution in [0.5, 0.6) is 5.75 Å². The van der Waals surface area contributed by atoms with Gasteiger partial charge in [0.15, 0.2) is 0 Å². The molecule has 136 valence electrons. The number of non-ortho nitro benzene ring substituents is 1. The Bertz CT molecular complexity index is 818. The van der Waals surface area contributed by atoms with E-state index >= 15 is 0 Å². The van der Waals surface area contributed by atoms with Crippen molar-refractivity contribution in [2.24, 2.45) is 0 Å². The van der Waals surface area contributed by atoms with Crippen LogP contribution < -0.4 is 9.64 Å². The predicted molar refractivity (Wildman–Crippen MR) is 99.2 cm³/mol. The van der Waals surface area contributed by atoms with Gasteiger partial charge in [-0.1, -0.05) is 11.6 Å². The first-order valence-corrected chi connectivity index (χ1v) is 8.49. The number of piperazine rings is 1. The highest BCUT2D eigenvalue weighted by atomic mass is 35.5. The van der Waals surface area contributed by atoms with Crippen LogP contribution in [0.25, 0.3) is 0 Å². The van der Waals surface area contributed by atoms with Gasteiger partial charge in [-0.15, -0.1) is 0 Å². The molecule has 0 aromatic heterocycles. The summed E-state index contributed by atoms with van der Waals surface area (Å²) >= 11 is 6.01. The summed E-state index contributed by atoms with van der Waals surface area (Å²) in [5.41, 5.74) is 1.42. The highest BCUT2D eigenvalue weighted by molar-refractivity contribution is 6.31. The first-order valence-electron chi connectivity index (χ1n) is 8.12. The molecule has 3 rings (SSSR count). The second-order valence-electron chi connectivity index (χ2n) is 5.90. The molecule has 1 fully saturated rings. The summed E-state index contributed by atoms with van der Waals surface area (Å²) in [7, 11) is 1.52. The maximum atomic E-state index is 12.8. The molecule has 2 aromatic rings. The molecular formula is C18H18ClN3O4. The lowest BCUT2D eigenvalue weighted by atomic mass is 10.1. The van der Waals surface area contributed by atoms with Gasteiger partial charge in [-0.2, -0.15) is 0 Å². The first-order chi connectivity index (χ1) is 12.5. The van der Waals surface area contributed by atoms with Gasteiger partial charge in [-0.25, -0.2) is 0 Å². The number of carbonyl (C=O) groups excluding carboxylic acids is 1. The molecule has 1 aliphatic rings. The molecule has 0 spiro atoms. The Hall–Kier alpha value is -2.80. The monoisotopic (exact) mass is 375 g/mol. The Morgan fingerprint density at radius 1 is 1.12 bits per heavy atom. The summed E-state index contributed by atoms with van der Waals surface area (Å²) in [4.78, 5) is 27.0. The molecule has 26 heavy (non-hydrogen) atoms. The van der Waals surface area contributed by atoms with E-state index in [1.54, 1.807) is 35.2 Å². The molecular weight excluding hydrogens is 358 g/mol. The number of ether oxygens (including phenoxy) is 1. The summed E-state index contributed by atoms with van der Waals surface area (Å²) in [5, 5.41) is 11.2. The average molecular weight is 376 g/mol. The number of methoxy groups -OCH3 is 1. The number of rotatable bonds is 4. The fraction of sp³-hybridized carbons (Fsp3) is 0.278. The fourth-order valence-corrected chi connectivity index (χ4v) is 3.14. The van der Waals surface area contributed by atoms with E-state index in [-0.39, 0.29) is 11.6 Å². The van der Waals surface area contributed by atoms with Gasteiger partial charge in [0.25, 0.3) is 11.6 Å². The third-order valence-corrected chi connectivity index (χ3v) is 4.62. The Morgan fingerprint density at radius 2 is 1.77 bits per heavy atom. The van der Waals surface area contributed by atoms with E-state index in [2.05, 4.69) is 4.90 Å². The average Bonchev–Trinajstić information content (AvgIpc) is 2.67. The fourth-order valence-electron chi connectivity index (χ4n) is 2.97. The van der Waals surface area contributed by atoms with Crippen molar-refractivity contribution in [1.82, 2.24) is 4.90 Å². The van der Waals surface area contributed by atoms with Crippen LogP contribution in [0.3, 0.4) is 0 Å². The summed E-state index contributed by atoms with van der Waals surface area (Å²) < 4.78 is 5.26. The predicted octanol–water partition coefficient (Wildman–Crippen LogP) is 3.22. The lowest BCUT2D eigenvalue weighted by molar-refractivity contribution is -0.384. The third kappa shape index (κ3) is 3.72. The molecule has 2 aromatic carbocycles.